The minimum absolute atomic E-state index is 0.0180. The summed E-state index contributed by atoms with van der Waals surface area (Å²) in [6, 6.07) is 0. The second-order valence-electron chi connectivity index (χ2n) is 2.95. The molecule has 0 fully saturated rings. The van der Waals surface area contributed by atoms with Gasteiger partial charge in [-0.15, -0.1) is 0 Å². The monoisotopic (exact) mass is 232 g/mol. The van der Waals surface area contributed by atoms with Crippen molar-refractivity contribution in [3.05, 3.63) is 12.7 Å². The lowest BCUT2D eigenvalue weighted by molar-refractivity contribution is -0.236. The van der Waals surface area contributed by atoms with Crippen LogP contribution in [0.4, 0.5) is 0 Å². The molecule has 0 aliphatic carbocycles. The Kier molecular flexibility index (Phi) is 8.80. The summed E-state index contributed by atoms with van der Waals surface area (Å²) < 4.78 is 20.4. The van der Waals surface area contributed by atoms with Gasteiger partial charge in [-0.2, -0.15) is 0 Å². The molecule has 0 radical (unpaired) electrons. The van der Waals surface area contributed by atoms with Crippen molar-refractivity contribution in [2.45, 2.75) is 39.8 Å². The molecule has 5 heteroatoms. The molecule has 5 nitrogen and oxygen atoms in total. The number of esters is 1. The van der Waals surface area contributed by atoms with Crippen LogP contribution in [0.5, 0.6) is 0 Å². The van der Waals surface area contributed by atoms with Gasteiger partial charge in [0.15, 0.2) is 13.1 Å². The van der Waals surface area contributed by atoms with Crippen molar-refractivity contribution in [1.29, 1.82) is 0 Å². The van der Waals surface area contributed by atoms with Gasteiger partial charge in [0, 0.05) is 19.1 Å². The van der Waals surface area contributed by atoms with E-state index < -0.39 is 12.3 Å². The van der Waals surface area contributed by atoms with Crippen LogP contribution in [-0.2, 0) is 23.7 Å². The summed E-state index contributed by atoms with van der Waals surface area (Å²) in [6.45, 7) is 9.37. The van der Waals surface area contributed by atoms with Gasteiger partial charge in [0.05, 0.1) is 0 Å². The first kappa shape index (κ1) is 15.1. The lowest BCUT2D eigenvalue weighted by atomic mass is 10.5. The van der Waals surface area contributed by atoms with Crippen LogP contribution in [-0.4, -0.2) is 31.9 Å². The van der Waals surface area contributed by atoms with Crippen molar-refractivity contribution < 1.29 is 23.7 Å². The number of rotatable bonds is 9. The molecule has 0 saturated carbocycles. The molecule has 0 aromatic carbocycles. The van der Waals surface area contributed by atoms with Crippen LogP contribution < -0.4 is 0 Å². The molecular formula is C11H20O5. The zero-order valence-corrected chi connectivity index (χ0v) is 10.1. The fourth-order valence-electron chi connectivity index (χ4n) is 0.907. The fourth-order valence-corrected chi connectivity index (χ4v) is 0.907. The lowest BCUT2D eigenvalue weighted by Gasteiger charge is -2.18. The maximum absolute atomic E-state index is 10.9. The van der Waals surface area contributed by atoms with E-state index in [-0.39, 0.29) is 13.1 Å². The molecule has 94 valence electrons. The van der Waals surface area contributed by atoms with E-state index in [0.717, 1.165) is 6.08 Å². The zero-order chi connectivity index (χ0) is 12.4. The second-order valence-corrected chi connectivity index (χ2v) is 2.95. The number of carbonyl (C=O) groups is 1. The van der Waals surface area contributed by atoms with Crippen LogP contribution in [0, 0.1) is 0 Å². The van der Waals surface area contributed by atoms with Crippen LogP contribution in [0.25, 0.3) is 0 Å². The van der Waals surface area contributed by atoms with Gasteiger partial charge >= 0.3 is 5.97 Å². The molecule has 16 heavy (non-hydrogen) atoms. The third kappa shape index (κ3) is 7.39. The van der Waals surface area contributed by atoms with E-state index in [1.54, 1.807) is 6.92 Å². The summed E-state index contributed by atoms with van der Waals surface area (Å²) in [6.07, 6.45) is 0.693. The lowest BCUT2D eigenvalue weighted by Crippen LogP contribution is -2.23. The summed E-state index contributed by atoms with van der Waals surface area (Å²) >= 11 is 0. The van der Waals surface area contributed by atoms with Crippen LogP contribution >= 0.6 is 0 Å². The number of carbonyl (C=O) groups excluding carboxylic acids is 1. The molecule has 0 aliphatic rings. The first-order chi connectivity index (χ1) is 7.63. The molecule has 0 heterocycles. The first-order valence-electron chi connectivity index (χ1n) is 5.31. The van der Waals surface area contributed by atoms with E-state index in [0.29, 0.717) is 13.0 Å². The summed E-state index contributed by atoms with van der Waals surface area (Å²) in [5, 5.41) is 0. The quantitative estimate of drug-likeness (QED) is 0.345. The molecule has 2 atom stereocenters. The van der Waals surface area contributed by atoms with Gasteiger partial charge in [0.25, 0.3) is 0 Å². The number of hydrogen-bond acceptors (Lipinski definition) is 5. The Hall–Kier alpha value is -0.910. The molecule has 0 aromatic heterocycles. The Labute approximate surface area is 96.3 Å². The minimum atomic E-state index is -0.612. The fraction of sp³-hybridized carbons (Fsp3) is 0.727. The maximum Gasteiger partial charge on any atom is 0.332 e. The molecule has 0 N–H and O–H groups in total. The molecule has 0 saturated heterocycles. The predicted molar refractivity (Wildman–Crippen MR) is 58.5 cm³/mol. The number of hydrogen-bond donors (Lipinski definition) is 0. The maximum atomic E-state index is 10.9. The average molecular weight is 232 g/mol. The Morgan fingerprint density at radius 2 is 2.00 bits per heavy atom. The summed E-state index contributed by atoms with van der Waals surface area (Å²) in [4.78, 5) is 10.9. The van der Waals surface area contributed by atoms with Crippen LogP contribution in [0.15, 0.2) is 12.7 Å². The Morgan fingerprint density at radius 3 is 2.50 bits per heavy atom. The summed E-state index contributed by atoms with van der Waals surface area (Å²) in [7, 11) is 0. The summed E-state index contributed by atoms with van der Waals surface area (Å²) in [5.74, 6) is -0.510. The van der Waals surface area contributed by atoms with Crippen molar-refractivity contribution in [2.24, 2.45) is 0 Å². The smallest absolute Gasteiger partial charge is 0.332 e. The summed E-state index contributed by atoms with van der Waals surface area (Å²) in [5.41, 5.74) is 0. The van der Waals surface area contributed by atoms with Gasteiger partial charge in [0.2, 0.25) is 6.29 Å². The van der Waals surface area contributed by atoms with Crippen molar-refractivity contribution in [1.82, 2.24) is 0 Å². The molecule has 0 spiro atoms. The van der Waals surface area contributed by atoms with Crippen LogP contribution in [0.1, 0.15) is 27.2 Å². The van der Waals surface area contributed by atoms with Gasteiger partial charge in [0.1, 0.15) is 0 Å². The van der Waals surface area contributed by atoms with Crippen molar-refractivity contribution in [3.8, 4) is 0 Å². The molecular weight excluding hydrogens is 212 g/mol. The third-order valence-electron chi connectivity index (χ3n) is 1.71. The van der Waals surface area contributed by atoms with Crippen molar-refractivity contribution in [3.63, 3.8) is 0 Å². The molecule has 0 aliphatic heterocycles. The Morgan fingerprint density at radius 1 is 1.31 bits per heavy atom. The van der Waals surface area contributed by atoms with Crippen molar-refractivity contribution >= 4 is 5.97 Å². The van der Waals surface area contributed by atoms with Gasteiger partial charge in [-0.1, -0.05) is 13.5 Å². The predicted octanol–water partition coefficient (Wildman–Crippen LogP) is 1.82. The van der Waals surface area contributed by atoms with E-state index in [1.807, 2.05) is 13.8 Å². The van der Waals surface area contributed by atoms with E-state index >= 15 is 0 Å². The molecule has 0 aromatic rings. The molecule has 0 rings (SSSR count). The SMILES string of the molecule is C=CC(=O)OC(CC)OCOC(C)OCC. The molecule has 2 unspecified atom stereocenters. The van der Waals surface area contributed by atoms with Gasteiger partial charge in [-0.3, -0.25) is 0 Å². The van der Waals surface area contributed by atoms with E-state index in [9.17, 15) is 4.79 Å². The van der Waals surface area contributed by atoms with Crippen LogP contribution in [0.3, 0.4) is 0 Å². The average Bonchev–Trinajstić information content (AvgIpc) is 2.27. The normalized spacial score (nSPS) is 14.2. The van der Waals surface area contributed by atoms with Gasteiger partial charge in [-0.25, -0.2) is 4.79 Å². The third-order valence-corrected chi connectivity index (χ3v) is 1.71. The first-order valence-corrected chi connectivity index (χ1v) is 5.31. The Balaban J connectivity index is 3.70. The molecule has 0 bridgehead atoms. The topological polar surface area (TPSA) is 54.0 Å². The molecule has 0 amide bonds. The zero-order valence-electron chi connectivity index (χ0n) is 10.1. The van der Waals surface area contributed by atoms with Crippen LogP contribution in [0.2, 0.25) is 0 Å². The largest absolute Gasteiger partial charge is 0.433 e. The highest BCUT2D eigenvalue weighted by Crippen LogP contribution is 2.03. The highest BCUT2D eigenvalue weighted by Gasteiger charge is 2.11. The van der Waals surface area contributed by atoms with E-state index in [2.05, 4.69) is 6.58 Å². The van der Waals surface area contributed by atoms with E-state index in [1.165, 1.54) is 0 Å². The number of ether oxygens (including phenoxy) is 4. The second kappa shape index (κ2) is 9.33. The van der Waals surface area contributed by atoms with E-state index in [4.69, 9.17) is 18.9 Å². The van der Waals surface area contributed by atoms with Gasteiger partial charge < -0.3 is 18.9 Å². The standard InChI is InChI=1S/C11H20O5/c1-5-10(12)16-11(6-2)15-8-14-9(4)13-7-3/h5,9,11H,1,6-8H2,2-4H3. The Bertz CT molecular complexity index is 205. The van der Waals surface area contributed by atoms with Crippen molar-refractivity contribution in [2.75, 3.05) is 13.4 Å². The minimum Gasteiger partial charge on any atom is -0.433 e. The highest BCUT2D eigenvalue weighted by molar-refractivity contribution is 5.81. The van der Waals surface area contributed by atoms with Gasteiger partial charge in [-0.05, 0) is 13.8 Å². The highest BCUT2D eigenvalue weighted by atomic mass is 16.8.